The number of rotatable bonds is 3. The minimum absolute atomic E-state index is 0.112. The smallest absolute Gasteiger partial charge is 0.179 e. The number of likely N-dealkylation sites (tertiary alicyclic amines) is 1. The Bertz CT molecular complexity index is 848. The van der Waals surface area contributed by atoms with E-state index in [1.54, 1.807) is 6.20 Å². The van der Waals surface area contributed by atoms with Crippen LogP contribution in [-0.2, 0) is 11.2 Å². The highest BCUT2D eigenvalue weighted by molar-refractivity contribution is 6.09. The third-order valence-electron chi connectivity index (χ3n) is 6.71. The fraction of sp³-hybridized carbons (Fsp3) is 0.571. The number of hydrogen-bond donors (Lipinski definition) is 1. The van der Waals surface area contributed by atoms with Gasteiger partial charge >= 0.3 is 0 Å². The summed E-state index contributed by atoms with van der Waals surface area (Å²) < 4.78 is 0. The van der Waals surface area contributed by atoms with Crippen LogP contribution in [0.15, 0.2) is 17.8 Å². The number of Topliss-reactive ketones (excluding diaryl/α,β-unsaturated/α-hetero) is 1. The van der Waals surface area contributed by atoms with E-state index < -0.39 is 6.10 Å². The number of nitrogens with zero attached hydrogens (tertiary/aromatic N) is 3. The molecule has 1 aromatic rings. The molecule has 0 bridgehead atoms. The molecule has 26 heavy (non-hydrogen) atoms. The van der Waals surface area contributed by atoms with Crippen molar-refractivity contribution in [3.8, 4) is 6.07 Å². The van der Waals surface area contributed by atoms with Crippen molar-refractivity contribution in [2.24, 2.45) is 11.3 Å². The van der Waals surface area contributed by atoms with Crippen LogP contribution in [0.4, 0.5) is 0 Å². The van der Waals surface area contributed by atoms with Crippen molar-refractivity contribution in [2.75, 3.05) is 13.1 Å². The maximum Gasteiger partial charge on any atom is 0.179 e. The number of pyridine rings is 1. The van der Waals surface area contributed by atoms with Gasteiger partial charge in [-0.3, -0.25) is 9.78 Å². The number of aliphatic hydroxyl groups excluding tert-OH is 1. The van der Waals surface area contributed by atoms with Crippen LogP contribution in [0.1, 0.15) is 61.4 Å². The topological polar surface area (TPSA) is 77.2 Å². The molecule has 1 N–H and O–H groups in total. The van der Waals surface area contributed by atoms with Crippen LogP contribution in [0.5, 0.6) is 0 Å². The Morgan fingerprint density at radius 2 is 2.00 bits per heavy atom. The molecule has 5 rings (SSSR count). The van der Waals surface area contributed by atoms with Crippen LogP contribution in [0, 0.1) is 22.7 Å². The number of nitriles is 1. The molecule has 5 heteroatoms. The summed E-state index contributed by atoms with van der Waals surface area (Å²) in [6.45, 7) is 1.80. The molecule has 5 nitrogen and oxygen atoms in total. The van der Waals surface area contributed by atoms with Crippen molar-refractivity contribution in [1.29, 1.82) is 5.26 Å². The highest BCUT2D eigenvalue weighted by Crippen LogP contribution is 2.54. The minimum Gasteiger partial charge on any atom is -0.387 e. The number of piperidine rings is 1. The van der Waals surface area contributed by atoms with E-state index in [9.17, 15) is 15.2 Å². The molecule has 1 unspecified atom stereocenters. The van der Waals surface area contributed by atoms with Crippen molar-refractivity contribution < 1.29 is 9.90 Å². The van der Waals surface area contributed by atoms with Gasteiger partial charge in [-0.05, 0) is 61.5 Å². The lowest BCUT2D eigenvalue weighted by molar-refractivity contribution is -0.114. The second-order valence-corrected chi connectivity index (χ2v) is 8.47. The van der Waals surface area contributed by atoms with Gasteiger partial charge in [0.1, 0.15) is 11.6 Å². The average molecular weight is 349 g/mol. The third-order valence-corrected chi connectivity index (χ3v) is 6.71. The maximum absolute atomic E-state index is 12.5. The maximum atomic E-state index is 12.5. The molecule has 3 fully saturated rings. The molecule has 1 spiro atoms. The van der Waals surface area contributed by atoms with E-state index in [0.29, 0.717) is 17.0 Å². The van der Waals surface area contributed by atoms with Crippen LogP contribution in [0.25, 0.3) is 5.70 Å². The summed E-state index contributed by atoms with van der Waals surface area (Å²) in [4.78, 5) is 19.2. The first kappa shape index (κ1) is 16.0. The van der Waals surface area contributed by atoms with Crippen molar-refractivity contribution in [3.05, 3.63) is 34.7 Å². The average Bonchev–Trinajstić information content (AvgIpc) is 3.57. The molecule has 0 radical (unpaired) electrons. The van der Waals surface area contributed by atoms with Crippen molar-refractivity contribution in [3.63, 3.8) is 0 Å². The Morgan fingerprint density at radius 1 is 1.27 bits per heavy atom. The van der Waals surface area contributed by atoms with Crippen LogP contribution < -0.4 is 0 Å². The van der Waals surface area contributed by atoms with E-state index in [0.717, 1.165) is 55.6 Å². The Morgan fingerprint density at radius 3 is 2.62 bits per heavy atom. The Kier molecular flexibility index (Phi) is 3.48. The second-order valence-electron chi connectivity index (χ2n) is 8.47. The highest BCUT2D eigenvalue weighted by atomic mass is 16.3. The molecule has 2 saturated carbocycles. The van der Waals surface area contributed by atoms with Crippen LogP contribution in [0.3, 0.4) is 0 Å². The number of fused-ring (bicyclic) bond motifs is 1. The lowest BCUT2D eigenvalue weighted by Crippen LogP contribution is -2.36. The molecule has 0 amide bonds. The summed E-state index contributed by atoms with van der Waals surface area (Å²) in [6, 6.07) is 4.10. The third kappa shape index (κ3) is 2.55. The summed E-state index contributed by atoms with van der Waals surface area (Å²) in [7, 11) is 0. The number of carbonyl (C=O) groups excluding carboxylic acids is 1. The zero-order valence-electron chi connectivity index (χ0n) is 14.9. The molecule has 3 aliphatic carbocycles. The molecular formula is C21H23N3O2. The monoisotopic (exact) mass is 349 g/mol. The van der Waals surface area contributed by atoms with Crippen molar-refractivity contribution >= 4 is 11.5 Å². The SMILES string of the molecule is N#CC1=C(N2CCC3(CC2)CC3)c2cc(C(O)C3CC3)ncc2CC1=O. The normalized spacial score (nSPS) is 25.1. The second kappa shape index (κ2) is 5.65. The first-order chi connectivity index (χ1) is 12.6. The van der Waals surface area contributed by atoms with Gasteiger partial charge in [-0.25, -0.2) is 0 Å². The number of allylic oxidation sites excluding steroid dienone is 1. The molecule has 1 aliphatic heterocycles. The standard InChI is InChI=1S/C21H23N3O2/c22-11-16-18(25)9-14-12-23-17(20(26)13-1-2-13)10-15(14)19(16)24-7-5-21(3-4-21)6-8-24/h10,12-13,20,26H,1-9H2. The summed E-state index contributed by atoms with van der Waals surface area (Å²) >= 11 is 0. The number of hydrogen-bond acceptors (Lipinski definition) is 5. The lowest BCUT2D eigenvalue weighted by atomic mass is 9.86. The van der Waals surface area contributed by atoms with E-state index in [2.05, 4.69) is 16.0 Å². The fourth-order valence-corrected chi connectivity index (χ4v) is 4.53. The first-order valence-electron chi connectivity index (χ1n) is 9.70. The van der Waals surface area contributed by atoms with E-state index in [1.807, 2.05) is 6.07 Å². The fourth-order valence-electron chi connectivity index (χ4n) is 4.53. The van der Waals surface area contributed by atoms with Gasteiger partial charge in [-0.1, -0.05) is 0 Å². The molecule has 134 valence electrons. The van der Waals surface area contributed by atoms with Gasteiger partial charge in [0.05, 0.1) is 17.5 Å². The molecule has 2 heterocycles. The van der Waals surface area contributed by atoms with Gasteiger partial charge in [-0.15, -0.1) is 0 Å². The zero-order valence-corrected chi connectivity index (χ0v) is 14.9. The Balaban J connectivity index is 1.55. The molecule has 0 aromatic carbocycles. The first-order valence-corrected chi connectivity index (χ1v) is 9.70. The Labute approximate surface area is 153 Å². The largest absolute Gasteiger partial charge is 0.387 e. The number of aromatic nitrogens is 1. The van der Waals surface area contributed by atoms with Crippen LogP contribution in [0.2, 0.25) is 0 Å². The van der Waals surface area contributed by atoms with Crippen molar-refractivity contribution in [1.82, 2.24) is 9.88 Å². The molecular weight excluding hydrogens is 326 g/mol. The number of aliphatic hydroxyl groups is 1. The van der Waals surface area contributed by atoms with E-state index >= 15 is 0 Å². The summed E-state index contributed by atoms with van der Waals surface area (Å²) in [5.41, 5.74) is 4.08. The van der Waals surface area contributed by atoms with Gasteiger partial charge in [0.2, 0.25) is 0 Å². The quantitative estimate of drug-likeness (QED) is 0.908. The number of carbonyl (C=O) groups is 1. The van der Waals surface area contributed by atoms with Crippen LogP contribution >= 0.6 is 0 Å². The summed E-state index contributed by atoms with van der Waals surface area (Å²) in [5.74, 6) is 0.192. The van der Waals surface area contributed by atoms with E-state index in [4.69, 9.17) is 0 Å². The van der Waals surface area contributed by atoms with Crippen LogP contribution in [-0.4, -0.2) is 33.9 Å². The molecule has 1 atom stereocenters. The van der Waals surface area contributed by atoms with Gasteiger partial charge in [0.15, 0.2) is 5.78 Å². The number of ketones is 1. The summed E-state index contributed by atoms with van der Waals surface area (Å²) in [6.07, 6.45) is 8.42. The van der Waals surface area contributed by atoms with E-state index in [-0.39, 0.29) is 17.8 Å². The Hall–Kier alpha value is -2.19. The van der Waals surface area contributed by atoms with Gasteiger partial charge in [-0.2, -0.15) is 5.26 Å². The van der Waals surface area contributed by atoms with Gasteiger partial charge in [0.25, 0.3) is 0 Å². The lowest BCUT2D eigenvalue weighted by Gasteiger charge is -2.37. The molecule has 4 aliphatic rings. The van der Waals surface area contributed by atoms with Gasteiger partial charge in [0, 0.05) is 31.3 Å². The van der Waals surface area contributed by atoms with E-state index in [1.165, 1.54) is 12.8 Å². The molecule has 1 aromatic heterocycles. The minimum atomic E-state index is -0.541. The van der Waals surface area contributed by atoms with Gasteiger partial charge < -0.3 is 10.0 Å². The predicted octanol–water partition coefficient (Wildman–Crippen LogP) is 2.76. The zero-order chi connectivity index (χ0) is 17.9. The van der Waals surface area contributed by atoms with Crippen molar-refractivity contribution in [2.45, 2.75) is 51.0 Å². The predicted molar refractivity (Wildman–Crippen MR) is 95.6 cm³/mol. The summed E-state index contributed by atoms with van der Waals surface area (Å²) in [5, 5.41) is 20.1. The highest BCUT2D eigenvalue weighted by Gasteiger charge is 2.45. The molecule has 1 saturated heterocycles.